The number of alkyl halides is 3. The molecule has 0 radical (unpaired) electrons. The van der Waals surface area contributed by atoms with Gasteiger partial charge in [-0.2, -0.15) is 23.3 Å². The summed E-state index contributed by atoms with van der Waals surface area (Å²) in [5.74, 6) is -0.765. The number of hydrogen-bond donors (Lipinski definition) is 0. The predicted octanol–water partition coefficient (Wildman–Crippen LogP) is 6.43. The van der Waals surface area contributed by atoms with E-state index in [-0.39, 0.29) is 11.4 Å². The molecule has 2 aromatic carbocycles. The van der Waals surface area contributed by atoms with Gasteiger partial charge in [-0.1, -0.05) is 41.6 Å². The Bertz CT molecular complexity index is 1140. The zero-order valence-corrected chi connectivity index (χ0v) is 16.6. The highest BCUT2D eigenvalue weighted by Crippen LogP contribution is 2.34. The second-order valence-corrected chi connectivity index (χ2v) is 7.68. The first-order chi connectivity index (χ1) is 14.3. The minimum absolute atomic E-state index is 0.113. The zero-order chi connectivity index (χ0) is 21.3. The summed E-state index contributed by atoms with van der Waals surface area (Å²) in [6.07, 6.45) is -3.73. The van der Waals surface area contributed by atoms with Crippen molar-refractivity contribution in [3.63, 3.8) is 0 Å². The van der Waals surface area contributed by atoms with E-state index < -0.39 is 23.4 Å². The number of carbonyl (C=O) groups is 1. The van der Waals surface area contributed by atoms with E-state index in [4.69, 9.17) is 16.0 Å². The number of amides is 1. The number of furan rings is 1. The molecule has 30 heavy (non-hydrogen) atoms. The van der Waals surface area contributed by atoms with Gasteiger partial charge in [-0.15, -0.1) is 0 Å². The molecule has 4 rings (SSSR count). The molecule has 0 atom stereocenters. The average Bonchev–Trinajstić information content (AvgIpc) is 3.29. The molecule has 9 heteroatoms. The number of rotatable bonds is 4. The van der Waals surface area contributed by atoms with Crippen LogP contribution in [0.2, 0.25) is 5.02 Å². The van der Waals surface area contributed by atoms with Gasteiger partial charge in [0.2, 0.25) is 0 Å². The van der Waals surface area contributed by atoms with Crippen molar-refractivity contribution in [1.82, 2.24) is 0 Å². The van der Waals surface area contributed by atoms with Gasteiger partial charge in [-0.05, 0) is 54.6 Å². The molecular formula is C21H12ClF3N2O2S. The maximum absolute atomic E-state index is 13.5. The highest BCUT2D eigenvalue weighted by atomic mass is 35.5. The van der Waals surface area contributed by atoms with Gasteiger partial charge in [-0.3, -0.25) is 4.79 Å². The van der Waals surface area contributed by atoms with Crippen LogP contribution in [0, 0.1) is 0 Å². The number of benzene rings is 2. The summed E-state index contributed by atoms with van der Waals surface area (Å²) < 4.78 is 46.1. The largest absolute Gasteiger partial charge is 0.450 e. The lowest BCUT2D eigenvalue weighted by Gasteiger charge is -2.10. The monoisotopic (exact) mass is 448 g/mol. The molecule has 0 spiro atoms. The Hall–Kier alpha value is -2.97. The van der Waals surface area contributed by atoms with Crippen molar-refractivity contribution in [1.29, 1.82) is 0 Å². The molecule has 4 nitrogen and oxygen atoms in total. The number of halogens is 4. The Balaban J connectivity index is 1.63. The first-order valence-corrected chi connectivity index (χ1v) is 9.81. The van der Waals surface area contributed by atoms with E-state index in [1.165, 1.54) is 30.0 Å². The second-order valence-electron chi connectivity index (χ2n) is 6.17. The summed E-state index contributed by atoms with van der Waals surface area (Å²) in [5.41, 5.74) is -1.60. The van der Waals surface area contributed by atoms with E-state index in [2.05, 4.69) is 5.10 Å². The molecule has 0 N–H and O–H groups in total. The van der Waals surface area contributed by atoms with Crippen LogP contribution in [-0.2, 0) is 4.79 Å². The number of carbonyl (C=O) groups excluding carboxylic acids is 1. The molecule has 1 aliphatic heterocycles. The smallest absolute Gasteiger partial charge is 0.435 e. The highest BCUT2D eigenvalue weighted by molar-refractivity contribution is 7.99. The second kappa shape index (κ2) is 8.04. The first-order valence-electron chi connectivity index (χ1n) is 8.62. The molecule has 1 amide bonds. The van der Waals surface area contributed by atoms with Gasteiger partial charge >= 0.3 is 6.18 Å². The molecule has 152 valence electrons. The lowest BCUT2D eigenvalue weighted by atomic mass is 10.1. The maximum atomic E-state index is 13.5. The summed E-state index contributed by atoms with van der Waals surface area (Å²) in [6.45, 7) is 0. The number of hydrogen-bond acceptors (Lipinski definition) is 4. The third-order valence-electron chi connectivity index (χ3n) is 4.07. The van der Waals surface area contributed by atoms with Gasteiger partial charge in [-0.25, -0.2) is 0 Å². The molecular weight excluding hydrogens is 437 g/mol. The van der Waals surface area contributed by atoms with Crippen LogP contribution in [0.4, 0.5) is 18.9 Å². The topological polar surface area (TPSA) is 45.8 Å². The molecule has 2 heterocycles. The standard InChI is InChI=1S/C21H12ClF3N2O2S/c22-13-6-9-16(10-7-13)30-18-11-8-15(29-18)12-17-19(21(23,24)25)26-27(20(17)28)14-4-2-1-3-5-14/h1-12H/b17-12-. The fourth-order valence-electron chi connectivity index (χ4n) is 2.73. The number of nitrogens with zero attached hydrogens (tertiary/aromatic N) is 2. The fraction of sp³-hybridized carbons (Fsp3) is 0.0476. The van der Waals surface area contributed by atoms with Crippen LogP contribution in [0.5, 0.6) is 0 Å². The highest BCUT2D eigenvalue weighted by Gasteiger charge is 2.47. The van der Waals surface area contributed by atoms with Crippen molar-refractivity contribution in [3.05, 3.63) is 83.1 Å². The molecule has 3 aromatic rings. The maximum Gasteiger partial charge on any atom is 0.435 e. The van der Waals surface area contributed by atoms with Crippen LogP contribution in [0.3, 0.4) is 0 Å². The van der Waals surface area contributed by atoms with Crippen molar-refractivity contribution >= 4 is 46.7 Å². The van der Waals surface area contributed by atoms with Crippen LogP contribution in [0.1, 0.15) is 5.76 Å². The first kappa shape index (κ1) is 20.3. The van der Waals surface area contributed by atoms with Gasteiger partial charge in [0.25, 0.3) is 5.91 Å². The van der Waals surface area contributed by atoms with E-state index in [1.54, 1.807) is 48.5 Å². The Morgan fingerprint density at radius 3 is 2.37 bits per heavy atom. The fourth-order valence-corrected chi connectivity index (χ4v) is 3.63. The molecule has 1 aromatic heterocycles. The van der Waals surface area contributed by atoms with Gasteiger partial charge in [0.05, 0.1) is 11.3 Å². The van der Waals surface area contributed by atoms with Crippen LogP contribution in [0.15, 0.2) is 91.8 Å². The number of anilines is 1. The molecule has 0 saturated carbocycles. The van der Waals surface area contributed by atoms with Crippen LogP contribution < -0.4 is 5.01 Å². The van der Waals surface area contributed by atoms with Crippen LogP contribution >= 0.6 is 23.4 Å². The van der Waals surface area contributed by atoms with E-state index in [0.29, 0.717) is 10.1 Å². The van der Waals surface area contributed by atoms with Crippen LogP contribution in [-0.4, -0.2) is 17.8 Å². The normalized spacial score (nSPS) is 15.7. The van der Waals surface area contributed by atoms with Crippen molar-refractivity contribution in [2.45, 2.75) is 16.2 Å². The van der Waals surface area contributed by atoms with Crippen molar-refractivity contribution in [2.75, 3.05) is 5.01 Å². The minimum atomic E-state index is -4.79. The molecule has 0 saturated heterocycles. The molecule has 0 aliphatic carbocycles. The quantitative estimate of drug-likeness (QED) is 0.432. The SMILES string of the molecule is O=C1/C(=C\c2ccc(Sc3ccc(Cl)cc3)o2)C(C(F)(F)F)=NN1c1ccccc1. The summed E-state index contributed by atoms with van der Waals surface area (Å²) >= 11 is 7.13. The molecule has 0 bridgehead atoms. The Labute approximate surface area is 178 Å². The number of para-hydroxylation sites is 1. The third kappa shape index (κ3) is 4.29. The Kier molecular flexibility index (Phi) is 5.44. The summed E-state index contributed by atoms with van der Waals surface area (Å²) in [5, 5.41) is 5.30. The van der Waals surface area contributed by atoms with E-state index in [9.17, 15) is 18.0 Å². The lowest BCUT2D eigenvalue weighted by Crippen LogP contribution is -2.25. The minimum Gasteiger partial charge on any atom is -0.450 e. The van der Waals surface area contributed by atoms with Gasteiger partial charge in [0, 0.05) is 9.92 Å². The van der Waals surface area contributed by atoms with Crippen molar-refractivity contribution in [2.24, 2.45) is 5.10 Å². The van der Waals surface area contributed by atoms with Gasteiger partial charge in [0.1, 0.15) is 5.76 Å². The molecule has 1 aliphatic rings. The summed E-state index contributed by atoms with van der Waals surface area (Å²) in [6, 6.07) is 18.1. The summed E-state index contributed by atoms with van der Waals surface area (Å²) in [7, 11) is 0. The van der Waals surface area contributed by atoms with Crippen molar-refractivity contribution < 1.29 is 22.4 Å². The van der Waals surface area contributed by atoms with E-state index in [0.717, 1.165) is 16.0 Å². The van der Waals surface area contributed by atoms with Gasteiger partial charge in [0.15, 0.2) is 10.8 Å². The lowest BCUT2D eigenvalue weighted by molar-refractivity contribution is -0.114. The Morgan fingerprint density at radius 1 is 1.00 bits per heavy atom. The zero-order valence-electron chi connectivity index (χ0n) is 15.1. The van der Waals surface area contributed by atoms with Crippen LogP contribution in [0.25, 0.3) is 6.08 Å². The third-order valence-corrected chi connectivity index (χ3v) is 5.25. The average molecular weight is 449 g/mol. The number of hydrazone groups is 1. The summed E-state index contributed by atoms with van der Waals surface area (Å²) in [4.78, 5) is 13.5. The molecule has 0 unspecified atom stereocenters. The molecule has 0 fully saturated rings. The predicted molar refractivity (Wildman–Crippen MR) is 110 cm³/mol. The van der Waals surface area contributed by atoms with Gasteiger partial charge < -0.3 is 4.42 Å². The Morgan fingerprint density at radius 2 is 1.70 bits per heavy atom. The van der Waals surface area contributed by atoms with E-state index in [1.807, 2.05) is 0 Å². The van der Waals surface area contributed by atoms with E-state index >= 15 is 0 Å². The van der Waals surface area contributed by atoms with Crippen molar-refractivity contribution in [3.8, 4) is 0 Å².